The lowest BCUT2D eigenvalue weighted by Gasteiger charge is -2.32. The first-order chi connectivity index (χ1) is 21.9. The van der Waals surface area contributed by atoms with Gasteiger partial charge in [0.15, 0.2) is 12.4 Å². The maximum absolute atomic E-state index is 14.6. The number of aliphatic hydroxyl groups excluding tert-OH is 1. The second-order valence-electron chi connectivity index (χ2n) is 12.6. The number of carbonyl (C=O) groups is 2. The smallest absolute Gasteiger partial charge is 0.293 e. The molecule has 0 aliphatic carbocycles. The molecule has 2 saturated heterocycles. The number of pyridine rings is 1. The van der Waals surface area contributed by atoms with Gasteiger partial charge in [-0.3, -0.25) is 19.5 Å². The van der Waals surface area contributed by atoms with Crippen molar-refractivity contribution in [1.29, 1.82) is 0 Å². The van der Waals surface area contributed by atoms with Gasteiger partial charge in [-0.2, -0.15) is 0 Å². The molecule has 2 amide bonds. The molecule has 0 radical (unpaired) electrons. The zero-order chi connectivity index (χ0) is 33.0. The van der Waals surface area contributed by atoms with Crippen LogP contribution in [0.5, 0.6) is 5.88 Å². The Labute approximate surface area is 271 Å². The van der Waals surface area contributed by atoms with Crippen LogP contribution in [0.25, 0.3) is 10.6 Å². The molecular weight excluding hydrogens is 618 g/mol. The predicted octanol–water partition coefficient (Wildman–Crippen LogP) is 4.58. The second kappa shape index (κ2) is 14.5. The fourth-order valence-electron chi connectivity index (χ4n) is 6.07. The van der Waals surface area contributed by atoms with Crippen molar-refractivity contribution in [2.45, 2.75) is 83.4 Å². The summed E-state index contributed by atoms with van der Waals surface area (Å²) >= 11 is 1.52. The Hall–Kier alpha value is -3.49. The lowest BCUT2D eigenvalue weighted by Crippen LogP contribution is -2.48. The molecule has 11 nitrogen and oxygen atoms in total. The fraction of sp³-hybridized carbons (Fsp3) is 0.594. The van der Waals surface area contributed by atoms with Gasteiger partial charge >= 0.3 is 0 Å². The van der Waals surface area contributed by atoms with Gasteiger partial charge in [0.1, 0.15) is 12.0 Å². The molecule has 2 aliphatic rings. The molecule has 250 valence electrons. The molecule has 2 fully saturated rings. The van der Waals surface area contributed by atoms with E-state index in [0.29, 0.717) is 45.3 Å². The Kier molecular flexibility index (Phi) is 10.7. The van der Waals surface area contributed by atoms with Gasteiger partial charge in [-0.15, -0.1) is 11.3 Å². The molecule has 5 rings (SSSR count). The number of nitrogens with zero attached hydrogens (tertiary/aromatic N) is 5. The summed E-state index contributed by atoms with van der Waals surface area (Å²) in [6.45, 7) is 7.35. The highest BCUT2D eigenvalue weighted by molar-refractivity contribution is 7.13. The van der Waals surface area contributed by atoms with Crippen molar-refractivity contribution in [3.05, 3.63) is 46.9 Å². The lowest BCUT2D eigenvalue weighted by atomic mass is 9.91. The summed E-state index contributed by atoms with van der Waals surface area (Å²) in [6, 6.07) is 4.24. The third-order valence-corrected chi connectivity index (χ3v) is 9.60. The van der Waals surface area contributed by atoms with Gasteiger partial charge in [-0.1, -0.05) is 19.9 Å². The maximum Gasteiger partial charge on any atom is 0.293 e. The summed E-state index contributed by atoms with van der Waals surface area (Å²) in [6.07, 6.45) is 3.42. The predicted molar refractivity (Wildman–Crippen MR) is 168 cm³/mol. The lowest BCUT2D eigenvalue weighted by molar-refractivity contribution is -0.141. The number of amides is 2. The van der Waals surface area contributed by atoms with Crippen LogP contribution in [0, 0.1) is 12.8 Å². The van der Waals surface area contributed by atoms with Crippen LogP contribution in [0.3, 0.4) is 0 Å². The first kappa shape index (κ1) is 33.9. The van der Waals surface area contributed by atoms with Gasteiger partial charge in [0, 0.05) is 31.9 Å². The minimum Gasteiger partial charge on any atom is -0.469 e. The summed E-state index contributed by atoms with van der Waals surface area (Å²) in [5, 5.41) is 16.5. The number of aryl methyl sites for hydroxylation is 1. The van der Waals surface area contributed by atoms with Gasteiger partial charge < -0.3 is 24.6 Å². The molecular formula is C32H42F2N6O5S. The van der Waals surface area contributed by atoms with Crippen molar-refractivity contribution in [3.8, 4) is 16.5 Å². The number of aliphatic hydroxyl groups is 1. The normalized spacial score (nSPS) is 19.4. The Balaban J connectivity index is 1.19. The van der Waals surface area contributed by atoms with Crippen molar-refractivity contribution >= 4 is 23.2 Å². The van der Waals surface area contributed by atoms with Crippen molar-refractivity contribution in [2.24, 2.45) is 5.92 Å². The molecule has 3 aromatic heterocycles. The summed E-state index contributed by atoms with van der Waals surface area (Å²) in [7, 11) is 0. The van der Waals surface area contributed by atoms with E-state index in [2.05, 4.69) is 20.4 Å². The van der Waals surface area contributed by atoms with Crippen molar-refractivity contribution in [2.75, 3.05) is 32.8 Å². The highest BCUT2D eigenvalue weighted by Crippen LogP contribution is 2.33. The first-order valence-corrected chi connectivity index (χ1v) is 16.6. The average molecular weight is 661 g/mol. The van der Waals surface area contributed by atoms with E-state index in [4.69, 9.17) is 9.26 Å². The Morgan fingerprint density at radius 3 is 2.59 bits per heavy atom. The highest BCUT2D eigenvalue weighted by atomic mass is 32.1. The third-order valence-electron chi connectivity index (χ3n) is 8.65. The molecule has 0 saturated carbocycles. The molecule has 0 bridgehead atoms. The Bertz CT molecular complexity index is 1470. The number of alkyl halides is 2. The van der Waals surface area contributed by atoms with E-state index in [1.807, 2.05) is 39.8 Å². The number of ether oxygens (including phenoxy) is 1. The number of piperidine rings is 1. The number of carbonyl (C=O) groups excluding carboxylic acids is 2. The third kappa shape index (κ3) is 8.07. The molecule has 0 spiro atoms. The monoisotopic (exact) mass is 660 g/mol. The van der Waals surface area contributed by atoms with Gasteiger partial charge in [-0.25, -0.2) is 13.8 Å². The Morgan fingerprint density at radius 2 is 1.93 bits per heavy atom. The molecule has 3 aromatic rings. The molecule has 14 heteroatoms. The molecule has 46 heavy (non-hydrogen) atoms. The first-order valence-electron chi connectivity index (χ1n) is 15.8. The van der Waals surface area contributed by atoms with Crippen LogP contribution in [0.4, 0.5) is 8.78 Å². The minimum atomic E-state index is -3.14. The number of hydrogen-bond acceptors (Lipinski definition) is 10. The molecule has 3 atom stereocenters. The van der Waals surface area contributed by atoms with E-state index in [1.165, 1.54) is 17.4 Å². The fourth-order valence-corrected chi connectivity index (χ4v) is 6.85. The zero-order valence-corrected chi connectivity index (χ0v) is 27.4. The zero-order valence-electron chi connectivity index (χ0n) is 26.6. The molecule has 5 heterocycles. The topological polar surface area (TPSA) is 134 Å². The minimum absolute atomic E-state index is 0.128. The number of hydrogen-bond donors (Lipinski definition) is 2. The van der Waals surface area contributed by atoms with Crippen molar-refractivity contribution in [1.82, 2.24) is 30.2 Å². The van der Waals surface area contributed by atoms with E-state index in [1.54, 1.807) is 21.5 Å². The molecule has 2 N–H and O–H groups in total. The number of nitrogens with one attached hydrogen (secondary N) is 1. The van der Waals surface area contributed by atoms with Crippen molar-refractivity contribution in [3.63, 3.8) is 0 Å². The van der Waals surface area contributed by atoms with Gasteiger partial charge in [-0.05, 0) is 62.2 Å². The number of likely N-dealkylation sites (tertiary alicyclic amines) is 2. The van der Waals surface area contributed by atoms with E-state index in [9.17, 15) is 23.5 Å². The molecule has 0 aromatic carbocycles. The van der Waals surface area contributed by atoms with Gasteiger partial charge in [0.25, 0.3) is 11.8 Å². The van der Waals surface area contributed by atoms with Crippen LogP contribution >= 0.6 is 11.3 Å². The van der Waals surface area contributed by atoms with Crippen LogP contribution in [-0.4, -0.2) is 92.7 Å². The quantitative estimate of drug-likeness (QED) is 0.286. The van der Waals surface area contributed by atoms with Crippen LogP contribution in [0.2, 0.25) is 0 Å². The molecule has 0 unspecified atom stereocenters. The van der Waals surface area contributed by atoms with Crippen LogP contribution in [-0.2, 0) is 9.59 Å². The molecule has 2 aliphatic heterocycles. The van der Waals surface area contributed by atoms with E-state index in [0.717, 1.165) is 21.8 Å². The van der Waals surface area contributed by atoms with Gasteiger partial charge in [0.2, 0.25) is 11.8 Å². The highest BCUT2D eigenvalue weighted by Gasteiger charge is 2.41. The Morgan fingerprint density at radius 1 is 1.17 bits per heavy atom. The summed E-state index contributed by atoms with van der Waals surface area (Å²) in [4.78, 5) is 40.3. The summed E-state index contributed by atoms with van der Waals surface area (Å²) in [5.74, 6) is -4.61. The van der Waals surface area contributed by atoms with E-state index >= 15 is 0 Å². The van der Waals surface area contributed by atoms with E-state index < -0.39 is 37.1 Å². The van der Waals surface area contributed by atoms with Crippen LogP contribution in [0.1, 0.15) is 75.4 Å². The summed E-state index contributed by atoms with van der Waals surface area (Å²) in [5.41, 5.74) is 4.36. The number of halogens is 2. The maximum atomic E-state index is 14.6. The number of rotatable bonds is 12. The second-order valence-corrected chi connectivity index (χ2v) is 13.5. The van der Waals surface area contributed by atoms with E-state index in [-0.39, 0.29) is 35.4 Å². The van der Waals surface area contributed by atoms with Gasteiger partial charge in [0.05, 0.1) is 40.5 Å². The van der Waals surface area contributed by atoms with Crippen molar-refractivity contribution < 1.29 is 32.7 Å². The largest absolute Gasteiger partial charge is 0.469 e. The number of thiazole rings is 1. The van der Waals surface area contributed by atoms with Crippen LogP contribution in [0.15, 0.2) is 34.4 Å². The summed E-state index contributed by atoms with van der Waals surface area (Å²) < 4.78 is 40.0. The average Bonchev–Trinajstić information content (AvgIpc) is 3.79. The van der Waals surface area contributed by atoms with Crippen LogP contribution < -0.4 is 10.1 Å². The standard InChI is InChI=1S/C32H42F2N6O5S/c1-19(2)28(26-14-27(38-45-26)44-17-32(33,34)16-39-12-9-23(41)10-13-39)31(43)40-11-5-6-25(40)30(42)37-20(3)22-7-8-24(35-15-22)29-21(4)36-18-46-29/h7-8,14-15,18-20,23,25,28,41H,5-6,9-13,16-17H2,1-4H3,(H,37,42)/t20-,25-,28+/m0/s1. The SMILES string of the molecule is Cc1ncsc1-c1ccc([C@H](C)NC(=O)[C@@H]2CCCN2C(=O)[C@@H](c2cc(OCC(F)(F)CN3CCC(O)CC3)no2)C(C)C)cn1. The number of aromatic nitrogens is 3.